The highest BCUT2D eigenvalue weighted by Gasteiger charge is 2.31. The fraction of sp³-hybridized carbons (Fsp3) is 0.417. The van der Waals surface area contributed by atoms with Gasteiger partial charge in [-0.05, 0) is 37.1 Å². The fourth-order valence-electron chi connectivity index (χ4n) is 4.56. The number of aromatic nitrogens is 1. The number of para-hydroxylation sites is 1. The van der Waals surface area contributed by atoms with Crippen LogP contribution in [0.4, 0.5) is 10.8 Å². The van der Waals surface area contributed by atoms with Crippen LogP contribution in [0.1, 0.15) is 12.8 Å². The van der Waals surface area contributed by atoms with Crippen molar-refractivity contribution in [1.82, 2.24) is 9.88 Å². The summed E-state index contributed by atoms with van der Waals surface area (Å²) in [5, 5.41) is 1.08. The van der Waals surface area contributed by atoms with Crippen molar-refractivity contribution in [2.75, 3.05) is 56.2 Å². The third kappa shape index (κ3) is 4.19. The Morgan fingerprint density at radius 1 is 0.968 bits per heavy atom. The second-order valence-electron chi connectivity index (χ2n) is 8.24. The normalized spacial score (nSPS) is 17.9. The lowest BCUT2D eigenvalue weighted by Crippen LogP contribution is -2.51. The first-order valence-electron chi connectivity index (χ1n) is 11.0. The van der Waals surface area contributed by atoms with Gasteiger partial charge in [0.2, 0.25) is 5.91 Å². The Hall–Kier alpha value is -2.80. The van der Waals surface area contributed by atoms with Crippen LogP contribution in [0.3, 0.4) is 0 Å². The molecule has 6 nitrogen and oxygen atoms in total. The number of fused-ring (bicyclic) bond motifs is 1. The van der Waals surface area contributed by atoms with Crippen molar-refractivity contribution in [1.29, 1.82) is 0 Å². The number of piperidine rings is 1. The molecule has 0 spiro atoms. The van der Waals surface area contributed by atoms with Crippen LogP contribution in [0.2, 0.25) is 0 Å². The molecule has 0 N–H and O–H groups in total. The van der Waals surface area contributed by atoms with Crippen LogP contribution in [0.15, 0.2) is 48.5 Å². The lowest BCUT2D eigenvalue weighted by molar-refractivity contribution is -0.136. The average Bonchev–Trinajstić information content (AvgIpc) is 3.28. The van der Waals surface area contributed by atoms with Gasteiger partial charge in [0.1, 0.15) is 5.75 Å². The summed E-state index contributed by atoms with van der Waals surface area (Å²) in [4.78, 5) is 24.7. The third-order valence-corrected chi connectivity index (χ3v) is 7.50. The number of carbonyl (C=O) groups excluding carboxylic acids is 1. The summed E-state index contributed by atoms with van der Waals surface area (Å²) in [5.74, 6) is 1.33. The van der Waals surface area contributed by atoms with Crippen LogP contribution in [-0.2, 0) is 4.79 Å². The van der Waals surface area contributed by atoms with E-state index < -0.39 is 0 Å². The molecular formula is C24H28N4O2S. The van der Waals surface area contributed by atoms with Crippen molar-refractivity contribution in [3.63, 3.8) is 0 Å². The molecule has 1 amide bonds. The number of anilines is 2. The zero-order chi connectivity index (χ0) is 21.2. The summed E-state index contributed by atoms with van der Waals surface area (Å²) in [5.41, 5.74) is 2.23. The maximum absolute atomic E-state index is 13.1. The molecule has 0 atom stereocenters. The highest BCUT2D eigenvalue weighted by molar-refractivity contribution is 7.22. The molecule has 5 rings (SSSR count). The number of thiazole rings is 1. The van der Waals surface area contributed by atoms with Crippen molar-refractivity contribution in [3.05, 3.63) is 48.5 Å². The van der Waals surface area contributed by atoms with Crippen molar-refractivity contribution >= 4 is 38.3 Å². The lowest BCUT2D eigenvalue weighted by Gasteiger charge is -2.39. The quantitative estimate of drug-likeness (QED) is 0.621. The van der Waals surface area contributed by atoms with Gasteiger partial charge in [-0.3, -0.25) is 4.79 Å². The molecule has 2 aromatic carbocycles. The second kappa shape index (κ2) is 8.75. The number of piperazine rings is 1. The average molecular weight is 437 g/mol. The molecule has 0 aliphatic carbocycles. The zero-order valence-corrected chi connectivity index (χ0v) is 18.7. The fourth-order valence-corrected chi connectivity index (χ4v) is 5.58. The standard InChI is InChI=1S/C24H28N4O2S/c1-30-20-6-4-5-19(17-20)26-13-15-27(16-14-26)23(29)18-9-11-28(12-10-18)24-25-21-7-2-3-8-22(21)31-24/h2-8,17-18H,9-16H2,1H3. The molecule has 2 aliphatic rings. The van der Waals surface area contributed by atoms with Gasteiger partial charge in [-0.15, -0.1) is 0 Å². The minimum absolute atomic E-state index is 0.133. The van der Waals surface area contributed by atoms with Crippen LogP contribution in [0.5, 0.6) is 5.75 Å². The molecule has 2 fully saturated rings. The maximum atomic E-state index is 13.1. The SMILES string of the molecule is COc1cccc(N2CCN(C(=O)C3CCN(c4nc5ccccc5s4)CC3)CC2)c1. The molecule has 3 aromatic rings. The molecule has 7 heteroatoms. The number of ether oxygens (including phenoxy) is 1. The minimum atomic E-state index is 0.133. The van der Waals surface area contributed by atoms with Gasteiger partial charge in [-0.2, -0.15) is 0 Å². The summed E-state index contributed by atoms with van der Waals surface area (Å²) in [6, 6.07) is 16.4. The number of methoxy groups -OCH3 is 1. The summed E-state index contributed by atoms with van der Waals surface area (Å²) in [6.45, 7) is 5.11. The molecule has 3 heterocycles. The number of carbonyl (C=O) groups is 1. The summed E-state index contributed by atoms with van der Waals surface area (Å²) in [7, 11) is 1.69. The molecular weight excluding hydrogens is 408 g/mol. The highest BCUT2D eigenvalue weighted by Crippen LogP contribution is 2.32. The number of amides is 1. The first kappa shape index (κ1) is 20.1. The van der Waals surface area contributed by atoms with Gasteiger partial charge < -0.3 is 19.4 Å². The predicted octanol–water partition coefficient (Wildman–Crippen LogP) is 3.87. The van der Waals surface area contributed by atoms with E-state index in [9.17, 15) is 4.79 Å². The van der Waals surface area contributed by atoms with Crippen LogP contribution in [0.25, 0.3) is 10.2 Å². The van der Waals surface area contributed by atoms with Gasteiger partial charge in [0, 0.05) is 56.9 Å². The Labute approximate surface area is 187 Å². The second-order valence-corrected chi connectivity index (χ2v) is 9.25. The van der Waals surface area contributed by atoms with Gasteiger partial charge in [0.15, 0.2) is 5.13 Å². The third-order valence-electron chi connectivity index (χ3n) is 6.41. The highest BCUT2D eigenvalue weighted by atomic mass is 32.1. The zero-order valence-electron chi connectivity index (χ0n) is 17.9. The van der Waals surface area contributed by atoms with E-state index in [1.807, 2.05) is 18.2 Å². The molecule has 0 unspecified atom stereocenters. The van der Waals surface area contributed by atoms with Crippen molar-refractivity contribution in [2.45, 2.75) is 12.8 Å². The lowest BCUT2D eigenvalue weighted by atomic mass is 9.95. The molecule has 2 aliphatic heterocycles. The van der Waals surface area contributed by atoms with Crippen LogP contribution < -0.4 is 14.5 Å². The van der Waals surface area contributed by atoms with Gasteiger partial charge in [-0.1, -0.05) is 29.5 Å². The van der Waals surface area contributed by atoms with E-state index in [4.69, 9.17) is 9.72 Å². The van der Waals surface area contributed by atoms with E-state index >= 15 is 0 Å². The molecule has 0 saturated carbocycles. The number of rotatable bonds is 4. The first-order chi connectivity index (χ1) is 15.2. The van der Waals surface area contributed by atoms with Crippen LogP contribution >= 0.6 is 11.3 Å². The molecule has 0 bridgehead atoms. The maximum Gasteiger partial charge on any atom is 0.225 e. The largest absolute Gasteiger partial charge is 0.497 e. The van der Waals surface area contributed by atoms with E-state index in [0.29, 0.717) is 5.91 Å². The van der Waals surface area contributed by atoms with E-state index in [1.165, 1.54) is 4.70 Å². The Morgan fingerprint density at radius 3 is 2.48 bits per heavy atom. The predicted molar refractivity (Wildman–Crippen MR) is 126 cm³/mol. The van der Waals surface area contributed by atoms with E-state index in [0.717, 1.165) is 74.2 Å². The van der Waals surface area contributed by atoms with Crippen LogP contribution in [0, 0.1) is 5.92 Å². The Bertz CT molecular complexity index is 1020. The number of benzene rings is 2. The van der Waals surface area contributed by atoms with Gasteiger partial charge >= 0.3 is 0 Å². The number of nitrogens with zero attached hydrogens (tertiary/aromatic N) is 4. The Balaban J connectivity index is 1.15. The smallest absolute Gasteiger partial charge is 0.225 e. The number of hydrogen-bond donors (Lipinski definition) is 0. The monoisotopic (exact) mass is 436 g/mol. The summed E-state index contributed by atoms with van der Waals surface area (Å²) >= 11 is 1.75. The van der Waals surface area contributed by atoms with Gasteiger partial charge in [-0.25, -0.2) is 4.98 Å². The van der Waals surface area contributed by atoms with E-state index in [-0.39, 0.29) is 5.92 Å². The number of hydrogen-bond acceptors (Lipinski definition) is 6. The molecule has 162 valence electrons. The Morgan fingerprint density at radius 2 is 1.74 bits per heavy atom. The Kier molecular flexibility index (Phi) is 5.68. The summed E-state index contributed by atoms with van der Waals surface area (Å²) in [6.07, 6.45) is 1.82. The van der Waals surface area contributed by atoms with Crippen molar-refractivity contribution in [3.8, 4) is 5.75 Å². The van der Waals surface area contributed by atoms with E-state index in [1.54, 1.807) is 18.4 Å². The molecule has 2 saturated heterocycles. The summed E-state index contributed by atoms with van der Waals surface area (Å²) < 4.78 is 6.57. The minimum Gasteiger partial charge on any atom is -0.497 e. The van der Waals surface area contributed by atoms with Crippen LogP contribution in [-0.4, -0.2) is 62.2 Å². The molecule has 0 radical (unpaired) electrons. The van der Waals surface area contributed by atoms with Gasteiger partial charge in [0.25, 0.3) is 0 Å². The molecule has 1 aromatic heterocycles. The topological polar surface area (TPSA) is 48.9 Å². The van der Waals surface area contributed by atoms with Gasteiger partial charge in [0.05, 0.1) is 17.3 Å². The van der Waals surface area contributed by atoms with E-state index in [2.05, 4.69) is 45.0 Å². The molecule has 31 heavy (non-hydrogen) atoms. The van der Waals surface area contributed by atoms with Crippen molar-refractivity contribution in [2.24, 2.45) is 5.92 Å². The first-order valence-corrected chi connectivity index (χ1v) is 11.8. The van der Waals surface area contributed by atoms with Crippen molar-refractivity contribution < 1.29 is 9.53 Å².